The predicted molar refractivity (Wildman–Crippen MR) is 97.2 cm³/mol. The molecule has 1 aliphatic rings. The van der Waals surface area contributed by atoms with Crippen molar-refractivity contribution in [1.29, 1.82) is 0 Å². The Balaban J connectivity index is 3.02. The van der Waals surface area contributed by atoms with E-state index in [0.717, 1.165) is 25.1 Å². The van der Waals surface area contributed by atoms with Crippen LogP contribution in [0.2, 0.25) is 0 Å². The van der Waals surface area contributed by atoms with Crippen LogP contribution in [-0.2, 0) is 15.8 Å². The molecule has 29 heavy (non-hydrogen) atoms. The number of carboxylic acids is 2. The van der Waals surface area contributed by atoms with Crippen LogP contribution >= 0.6 is 0 Å². The first-order chi connectivity index (χ1) is 13.3. The van der Waals surface area contributed by atoms with Gasteiger partial charge in [-0.05, 0) is 31.4 Å². The highest BCUT2D eigenvalue weighted by molar-refractivity contribution is 5.84. The van der Waals surface area contributed by atoms with Crippen molar-refractivity contribution in [3.8, 4) is 0 Å². The van der Waals surface area contributed by atoms with Crippen LogP contribution in [0.15, 0.2) is 24.3 Å². The van der Waals surface area contributed by atoms with Gasteiger partial charge in [-0.1, -0.05) is 32.0 Å². The monoisotopic (exact) mass is 419 g/mol. The van der Waals surface area contributed by atoms with Crippen molar-refractivity contribution >= 4 is 11.9 Å². The van der Waals surface area contributed by atoms with E-state index in [4.69, 9.17) is 0 Å². The fraction of sp³-hybridized carbons (Fsp3) is 0.600. The molecule has 1 aliphatic heterocycles. The molecule has 5 unspecified atom stereocenters. The van der Waals surface area contributed by atoms with Gasteiger partial charge >= 0.3 is 18.1 Å². The average molecular weight is 419 g/mol. The first kappa shape index (κ1) is 23.1. The van der Waals surface area contributed by atoms with E-state index in [1.165, 1.54) is 26.8 Å². The van der Waals surface area contributed by atoms with Crippen LogP contribution < -0.4 is 5.32 Å². The molecular weight excluding hydrogens is 394 g/mol. The van der Waals surface area contributed by atoms with Gasteiger partial charge in [-0.3, -0.25) is 9.59 Å². The topological polar surface area (TPSA) is 86.6 Å². The van der Waals surface area contributed by atoms with E-state index in [9.17, 15) is 37.4 Å². The zero-order valence-corrected chi connectivity index (χ0v) is 16.5. The van der Waals surface area contributed by atoms with E-state index in [1.54, 1.807) is 0 Å². The molecule has 2 rings (SSSR count). The number of halogens is 4. The van der Waals surface area contributed by atoms with E-state index < -0.39 is 70.7 Å². The quantitative estimate of drug-likeness (QED) is 0.630. The maximum Gasteiger partial charge on any atom is 0.416 e. The van der Waals surface area contributed by atoms with Crippen LogP contribution in [0.3, 0.4) is 0 Å². The summed E-state index contributed by atoms with van der Waals surface area (Å²) in [6.45, 7) is 4.43. The van der Waals surface area contributed by atoms with E-state index in [0.29, 0.717) is 0 Å². The number of nitrogens with one attached hydrogen (secondary N) is 1. The standard InChI is InChI=1S/C20H25F4NO4/c1-10(2)19(17(28)29)11(3)25-14(9-21)18(4,16(26)27)15(19)12-7-5-6-8-13(12)20(22,23)24/h5-8,10-11,14-15,25H,9H2,1-4H3,(H,26,27)(H,28,29). The average Bonchev–Trinajstić information content (AvgIpc) is 2.61. The third-order valence-electron chi connectivity index (χ3n) is 6.49. The number of carboxylic acid groups (broad SMARTS) is 2. The molecule has 0 aromatic heterocycles. The lowest BCUT2D eigenvalue weighted by Gasteiger charge is -2.58. The molecule has 0 spiro atoms. The molecule has 162 valence electrons. The largest absolute Gasteiger partial charge is 0.481 e. The zero-order chi connectivity index (χ0) is 22.4. The smallest absolute Gasteiger partial charge is 0.416 e. The van der Waals surface area contributed by atoms with E-state index in [1.807, 2.05) is 0 Å². The Morgan fingerprint density at radius 3 is 2.14 bits per heavy atom. The Kier molecular flexibility index (Phi) is 6.05. The van der Waals surface area contributed by atoms with Gasteiger partial charge in [0.05, 0.1) is 22.4 Å². The molecule has 1 saturated heterocycles. The Morgan fingerprint density at radius 2 is 1.72 bits per heavy atom. The van der Waals surface area contributed by atoms with Crippen molar-refractivity contribution in [2.75, 3.05) is 6.67 Å². The highest BCUT2D eigenvalue weighted by Gasteiger charge is 2.67. The van der Waals surface area contributed by atoms with Gasteiger partial charge in [-0.15, -0.1) is 0 Å². The molecule has 3 N–H and O–H groups in total. The highest BCUT2D eigenvalue weighted by Crippen LogP contribution is 2.59. The number of benzene rings is 1. The number of aliphatic carboxylic acids is 2. The van der Waals surface area contributed by atoms with Crippen molar-refractivity contribution in [3.05, 3.63) is 35.4 Å². The van der Waals surface area contributed by atoms with Gasteiger partial charge in [0.1, 0.15) is 6.67 Å². The third kappa shape index (κ3) is 3.29. The number of hydrogen-bond donors (Lipinski definition) is 3. The SMILES string of the molecule is CC(C)C1(C(=O)O)C(C)NC(CF)C(C)(C(=O)O)C1c1ccccc1C(F)(F)F. The summed E-state index contributed by atoms with van der Waals surface area (Å²) >= 11 is 0. The molecule has 0 bridgehead atoms. The van der Waals surface area contributed by atoms with Gasteiger partial charge < -0.3 is 15.5 Å². The fourth-order valence-electron chi connectivity index (χ4n) is 5.01. The van der Waals surface area contributed by atoms with Crippen molar-refractivity contribution in [3.63, 3.8) is 0 Å². The number of rotatable bonds is 5. The summed E-state index contributed by atoms with van der Waals surface area (Å²) in [5.74, 6) is -5.39. The summed E-state index contributed by atoms with van der Waals surface area (Å²) in [5, 5.41) is 23.0. The van der Waals surface area contributed by atoms with Gasteiger partial charge in [0.2, 0.25) is 0 Å². The minimum Gasteiger partial charge on any atom is -0.481 e. The van der Waals surface area contributed by atoms with Gasteiger partial charge in [-0.2, -0.15) is 13.2 Å². The summed E-state index contributed by atoms with van der Waals surface area (Å²) < 4.78 is 55.3. The minimum absolute atomic E-state index is 0.451. The third-order valence-corrected chi connectivity index (χ3v) is 6.49. The maximum absolute atomic E-state index is 13.9. The summed E-state index contributed by atoms with van der Waals surface area (Å²) in [6.07, 6.45) is -4.84. The number of alkyl halides is 4. The second-order valence-corrected chi connectivity index (χ2v) is 8.09. The summed E-state index contributed by atoms with van der Waals surface area (Å²) in [6, 6.07) is 1.99. The van der Waals surface area contributed by atoms with Gasteiger partial charge in [0.25, 0.3) is 0 Å². The molecule has 9 heteroatoms. The lowest BCUT2D eigenvalue weighted by Crippen LogP contribution is -2.71. The first-order valence-electron chi connectivity index (χ1n) is 9.22. The Bertz CT molecular complexity index is 797. The van der Waals surface area contributed by atoms with Crippen LogP contribution in [0.1, 0.15) is 44.7 Å². The molecular formula is C20H25F4NO4. The second kappa shape index (κ2) is 7.59. The number of carbonyl (C=O) groups is 2. The lowest BCUT2D eigenvalue weighted by molar-refractivity contribution is -0.178. The molecule has 1 aromatic carbocycles. The van der Waals surface area contributed by atoms with Crippen molar-refractivity contribution in [2.24, 2.45) is 16.7 Å². The zero-order valence-electron chi connectivity index (χ0n) is 16.5. The Hall–Kier alpha value is -2.16. The summed E-state index contributed by atoms with van der Waals surface area (Å²) in [4.78, 5) is 24.9. The number of piperidine rings is 1. The van der Waals surface area contributed by atoms with Gasteiger partial charge in [-0.25, -0.2) is 4.39 Å². The van der Waals surface area contributed by atoms with E-state index >= 15 is 0 Å². The summed E-state index contributed by atoms with van der Waals surface area (Å²) in [7, 11) is 0. The van der Waals surface area contributed by atoms with Crippen LogP contribution in [0.4, 0.5) is 17.6 Å². The lowest BCUT2D eigenvalue weighted by atomic mass is 9.48. The Labute approximate surface area is 166 Å². The highest BCUT2D eigenvalue weighted by atomic mass is 19.4. The maximum atomic E-state index is 13.9. The molecule has 0 amide bonds. The second-order valence-electron chi connectivity index (χ2n) is 8.09. The van der Waals surface area contributed by atoms with Gasteiger partial charge in [0.15, 0.2) is 0 Å². The van der Waals surface area contributed by atoms with Crippen molar-refractivity contribution < 1.29 is 37.4 Å². The van der Waals surface area contributed by atoms with Crippen LogP contribution in [-0.4, -0.2) is 40.9 Å². The van der Waals surface area contributed by atoms with Crippen LogP contribution in [0.25, 0.3) is 0 Å². The predicted octanol–water partition coefficient (Wildman–Crippen LogP) is 3.94. The fourth-order valence-corrected chi connectivity index (χ4v) is 5.01. The number of hydrogen-bond acceptors (Lipinski definition) is 3. The normalized spacial score (nSPS) is 32.9. The van der Waals surface area contributed by atoms with E-state index in [-0.39, 0.29) is 0 Å². The molecule has 0 aliphatic carbocycles. The summed E-state index contributed by atoms with van der Waals surface area (Å²) in [5.41, 5.74) is -5.64. The minimum atomic E-state index is -4.84. The first-order valence-corrected chi connectivity index (χ1v) is 9.22. The molecule has 1 fully saturated rings. The van der Waals surface area contributed by atoms with E-state index in [2.05, 4.69) is 5.32 Å². The van der Waals surface area contributed by atoms with Crippen molar-refractivity contribution in [1.82, 2.24) is 5.32 Å². The Morgan fingerprint density at radius 1 is 1.17 bits per heavy atom. The van der Waals surface area contributed by atoms with Crippen molar-refractivity contribution in [2.45, 2.75) is 51.9 Å². The molecule has 5 atom stereocenters. The molecule has 5 nitrogen and oxygen atoms in total. The van der Waals surface area contributed by atoms with Gasteiger partial charge in [0, 0.05) is 12.0 Å². The van der Waals surface area contributed by atoms with Crippen LogP contribution in [0.5, 0.6) is 0 Å². The molecule has 0 radical (unpaired) electrons. The molecule has 1 aromatic rings. The molecule has 0 saturated carbocycles. The van der Waals surface area contributed by atoms with Crippen LogP contribution in [0, 0.1) is 16.7 Å². The molecule has 1 heterocycles.